The molecule has 5 heterocycles. The first-order valence-corrected chi connectivity index (χ1v) is 12.4. The van der Waals surface area contributed by atoms with Crippen LogP contribution in [-0.4, -0.2) is 75.8 Å². The van der Waals surface area contributed by atoms with Crippen LogP contribution >= 0.6 is 23.3 Å². The second-order valence-corrected chi connectivity index (χ2v) is 9.82. The minimum Gasteiger partial charge on any atom is -0.543 e. The minimum atomic E-state index is -1.57. The number of primary amides is 1. The number of β-lactam (4-membered cyclic amide) rings is 1. The first kappa shape index (κ1) is 24.9. The molecule has 2 aliphatic heterocycles. The molecule has 0 spiro atoms. The van der Waals surface area contributed by atoms with Crippen molar-refractivity contribution < 1.29 is 34.1 Å². The van der Waals surface area contributed by atoms with Crippen molar-refractivity contribution in [2.75, 3.05) is 16.8 Å². The Bertz CT molecular complexity index is 1560. The number of nitrogen functional groups attached to an aromatic ring is 1. The Morgan fingerprint density at radius 1 is 1.37 bits per heavy atom. The summed E-state index contributed by atoms with van der Waals surface area (Å²) in [4.78, 5) is 54.0. The predicted molar refractivity (Wildman–Crippen MR) is 128 cm³/mol. The Kier molecular flexibility index (Phi) is 6.28. The molecular weight excluding hydrogens is 542 g/mol. The number of amides is 4. The van der Waals surface area contributed by atoms with E-state index >= 15 is 0 Å². The molecule has 4 amide bonds. The van der Waals surface area contributed by atoms with Gasteiger partial charge in [0.2, 0.25) is 11.5 Å². The third kappa shape index (κ3) is 4.22. The number of carboxylic acid groups (broad SMARTS) is 1. The van der Waals surface area contributed by atoms with Gasteiger partial charge in [-0.05, 0) is 6.07 Å². The topological polar surface area (TPSA) is 250 Å². The maximum Gasteiger partial charge on any atom is 0.319 e. The number of thioether (sulfide) groups is 1. The molecule has 1 saturated heterocycles. The van der Waals surface area contributed by atoms with Crippen molar-refractivity contribution in [3.05, 3.63) is 41.6 Å². The van der Waals surface area contributed by atoms with Crippen molar-refractivity contribution >= 4 is 69.4 Å². The first-order valence-electron chi connectivity index (χ1n) is 10.6. The molecular formula is C19H17N11O6S2. The van der Waals surface area contributed by atoms with Crippen molar-refractivity contribution in [2.24, 2.45) is 10.9 Å². The molecule has 196 valence electrons. The van der Waals surface area contributed by atoms with Crippen molar-refractivity contribution in [1.82, 2.24) is 29.2 Å². The highest BCUT2D eigenvalue weighted by Crippen LogP contribution is 2.40. The summed E-state index contributed by atoms with van der Waals surface area (Å²) in [6.45, 7) is 0.0255. The molecule has 1 fully saturated rings. The quantitative estimate of drug-likeness (QED) is 0.0634. The molecule has 7 N–H and O–H groups in total. The van der Waals surface area contributed by atoms with Gasteiger partial charge in [-0.15, -0.1) is 11.8 Å². The summed E-state index contributed by atoms with van der Waals surface area (Å²) in [5.41, 5.74) is 10.7. The van der Waals surface area contributed by atoms with Crippen LogP contribution in [-0.2, 0) is 20.9 Å². The van der Waals surface area contributed by atoms with E-state index in [1.807, 2.05) is 0 Å². The zero-order valence-corrected chi connectivity index (χ0v) is 20.6. The normalized spacial score (nSPS) is 19.2. The number of anilines is 2. The molecule has 3 aromatic rings. The van der Waals surface area contributed by atoms with Crippen molar-refractivity contribution in [2.45, 2.75) is 18.0 Å². The molecule has 0 unspecified atom stereocenters. The van der Waals surface area contributed by atoms with E-state index in [-0.39, 0.29) is 34.8 Å². The zero-order valence-electron chi connectivity index (χ0n) is 19.0. The predicted octanol–water partition coefficient (Wildman–Crippen LogP) is -3.17. The number of carbonyl (C=O) groups is 4. The number of nitrogens with one attached hydrogen (secondary N) is 2. The Hall–Kier alpha value is -4.78. The van der Waals surface area contributed by atoms with E-state index in [0.29, 0.717) is 11.2 Å². The number of nitrogens with zero attached hydrogens (tertiary/aromatic N) is 7. The number of aromatic nitrogens is 5. The fourth-order valence-electron chi connectivity index (χ4n) is 4.11. The number of carboxylic acids is 1. The molecule has 0 bridgehead atoms. The van der Waals surface area contributed by atoms with Crippen LogP contribution in [0.1, 0.15) is 5.82 Å². The largest absolute Gasteiger partial charge is 0.543 e. The average Bonchev–Trinajstić information content (AvgIpc) is 3.45. The van der Waals surface area contributed by atoms with E-state index in [4.69, 9.17) is 11.5 Å². The summed E-state index contributed by atoms with van der Waals surface area (Å²) >= 11 is 2.01. The first-order chi connectivity index (χ1) is 18.2. The van der Waals surface area contributed by atoms with Crippen LogP contribution in [0.5, 0.6) is 0 Å². The van der Waals surface area contributed by atoms with Crippen LogP contribution in [0, 0.1) is 0 Å². The number of fused-ring (bicyclic) bond motifs is 2. The van der Waals surface area contributed by atoms with E-state index in [1.54, 1.807) is 16.7 Å². The van der Waals surface area contributed by atoms with Gasteiger partial charge >= 0.3 is 11.7 Å². The number of carbonyl (C=O) groups excluding carboxylic acids is 4. The summed E-state index contributed by atoms with van der Waals surface area (Å²) in [7, 11) is 0. The number of hydrogen-bond acceptors (Lipinski definition) is 13. The lowest BCUT2D eigenvalue weighted by atomic mass is 10.0. The monoisotopic (exact) mass is 559 g/mol. The van der Waals surface area contributed by atoms with Gasteiger partial charge in [0.05, 0.1) is 17.9 Å². The van der Waals surface area contributed by atoms with Crippen molar-refractivity contribution in [1.29, 1.82) is 0 Å². The second-order valence-electron chi connectivity index (χ2n) is 7.93. The van der Waals surface area contributed by atoms with Gasteiger partial charge in [0.15, 0.2) is 11.3 Å². The van der Waals surface area contributed by atoms with Crippen molar-refractivity contribution in [3.63, 3.8) is 0 Å². The maximum atomic E-state index is 13.0. The lowest BCUT2D eigenvalue weighted by Gasteiger charge is -2.50. The lowest BCUT2D eigenvalue weighted by Crippen LogP contribution is -2.71. The molecule has 0 aliphatic carbocycles. The molecule has 0 aromatic carbocycles. The van der Waals surface area contributed by atoms with Gasteiger partial charge in [-0.1, -0.05) is 14.8 Å². The third-order valence-electron chi connectivity index (χ3n) is 5.64. The minimum absolute atomic E-state index is 0.0255. The van der Waals surface area contributed by atoms with Crippen LogP contribution in [0.2, 0.25) is 0 Å². The van der Waals surface area contributed by atoms with Gasteiger partial charge in [0.25, 0.3) is 17.6 Å². The highest BCUT2D eigenvalue weighted by molar-refractivity contribution is 8.00. The molecule has 17 nitrogen and oxygen atoms in total. The van der Waals surface area contributed by atoms with Gasteiger partial charge in [0, 0.05) is 28.9 Å². The smallest absolute Gasteiger partial charge is 0.319 e. The third-order valence-corrected chi connectivity index (χ3v) is 7.52. The number of nitrogens with two attached hydrogens (primary N) is 2. The molecule has 2 atom stereocenters. The Balaban J connectivity index is 1.39. The van der Waals surface area contributed by atoms with Crippen LogP contribution in [0.4, 0.5) is 15.7 Å². The molecule has 2 aliphatic rings. The van der Waals surface area contributed by atoms with Gasteiger partial charge in [-0.25, -0.2) is 9.36 Å². The molecule has 0 saturated carbocycles. The molecule has 0 radical (unpaired) electrons. The Morgan fingerprint density at radius 2 is 2.16 bits per heavy atom. The molecule has 5 rings (SSSR count). The van der Waals surface area contributed by atoms with Crippen molar-refractivity contribution in [3.8, 4) is 0 Å². The van der Waals surface area contributed by atoms with E-state index in [0.717, 1.165) is 16.4 Å². The number of urea groups is 1. The van der Waals surface area contributed by atoms with Gasteiger partial charge in [-0.2, -0.15) is 9.36 Å². The summed E-state index contributed by atoms with van der Waals surface area (Å²) in [6.07, 6.45) is 3.02. The highest BCUT2D eigenvalue weighted by atomic mass is 32.2. The number of hydrogen-bond donors (Lipinski definition) is 5. The Labute approximate surface area is 220 Å². The number of oxime groups is 1. The standard InChI is InChI=1S/C19H17N11O6S2/c20-18(35)23-8-5-28(9-2-1-3-22-30(8)9)4-7-6-37-16-11(15(32)29(16)12(7)17(33)34)24-14(31)10(26-36)13-25-19(21)38-27-13/h1-3,5,11,16H,4,6H2,(H7-,20,21,22,23,24,25,27,31,33,34,35,36)/t11-,16-/m1/s1. The van der Waals surface area contributed by atoms with Gasteiger partial charge in [-0.3, -0.25) is 19.8 Å². The van der Waals surface area contributed by atoms with Crippen LogP contribution < -0.4 is 31.8 Å². The zero-order chi connectivity index (χ0) is 27.1. The summed E-state index contributed by atoms with van der Waals surface area (Å²) < 4.78 is 6.85. The van der Waals surface area contributed by atoms with E-state index in [1.165, 1.54) is 28.7 Å². The SMILES string of the molecule is NC(=O)Nc1c[n+](CC2=C(C(=O)[O-])N3C(=O)[C@@H](NC(=O)/C(=N\O)c4nsc(N)n4)[C@H]3SC2)c2cccnn12. The van der Waals surface area contributed by atoms with Crippen LogP contribution in [0.25, 0.3) is 5.65 Å². The van der Waals surface area contributed by atoms with Gasteiger partial charge < -0.3 is 31.9 Å². The number of aliphatic carboxylic acids is 1. The fourth-order valence-corrected chi connectivity index (χ4v) is 5.87. The van der Waals surface area contributed by atoms with E-state index in [9.17, 15) is 29.5 Å². The van der Waals surface area contributed by atoms with E-state index in [2.05, 4.69) is 30.2 Å². The van der Waals surface area contributed by atoms with Gasteiger partial charge in [0.1, 0.15) is 18.0 Å². The summed E-state index contributed by atoms with van der Waals surface area (Å²) in [5.74, 6) is -2.99. The molecule has 38 heavy (non-hydrogen) atoms. The van der Waals surface area contributed by atoms with Crippen LogP contribution in [0.15, 0.2) is 41.0 Å². The summed E-state index contributed by atoms with van der Waals surface area (Å²) in [5, 5.41) is 32.6. The molecule has 19 heteroatoms. The second kappa shape index (κ2) is 9.59. The number of rotatable bonds is 7. The summed E-state index contributed by atoms with van der Waals surface area (Å²) in [6, 6.07) is 1.44. The lowest BCUT2D eigenvalue weighted by molar-refractivity contribution is -0.662. The Morgan fingerprint density at radius 3 is 2.82 bits per heavy atom. The number of imidazole rings is 1. The molecule has 3 aromatic heterocycles. The highest BCUT2D eigenvalue weighted by Gasteiger charge is 2.53. The van der Waals surface area contributed by atoms with E-state index < -0.39 is 40.9 Å². The fraction of sp³-hybridized carbons (Fsp3) is 0.211. The average molecular weight is 560 g/mol. The maximum absolute atomic E-state index is 13.0. The van der Waals surface area contributed by atoms with Crippen LogP contribution in [0.3, 0.4) is 0 Å².